The minimum atomic E-state index is -0.718. The molecule has 1 unspecified atom stereocenters. The number of nitrogens with one attached hydrogen (secondary N) is 2. The monoisotopic (exact) mass is 537 g/mol. The van der Waals surface area contributed by atoms with Crippen molar-refractivity contribution in [2.24, 2.45) is 11.0 Å². The molecule has 0 spiro atoms. The zero-order valence-electron chi connectivity index (χ0n) is 18.1. The van der Waals surface area contributed by atoms with Crippen molar-refractivity contribution in [1.29, 1.82) is 0 Å². The molecular weight excluding hydrogens is 509 g/mol. The van der Waals surface area contributed by atoms with Crippen LogP contribution in [0.15, 0.2) is 47.6 Å². The van der Waals surface area contributed by atoms with Crippen molar-refractivity contribution in [3.63, 3.8) is 0 Å². The van der Waals surface area contributed by atoms with E-state index in [1.807, 2.05) is 45.9 Å². The van der Waals surface area contributed by atoms with Crippen molar-refractivity contribution in [1.82, 2.24) is 10.7 Å². The van der Waals surface area contributed by atoms with Gasteiger partial charge in [-0.1, -0.05) is 32.0 Å². The predicted octanol–water partition coefficient (Wildman–Crippen LogP) is 3.99. The first-order valence-electron chi connectivity index (χ1n) is 10.1. The summed E-state index contributed by atoms with van der Waals surface area (Å²) < 4.78 is 12.2. The first kappa shape index (κ1) is 24.6. The lowest BCUT2D eigenvalue weighted by atomic mass is 10.0. The highest BCUT2D eigenvalue weighted by atomic mass is 127. The summed E-state index contributed by atoms with van der Waals surface area (Å²) in [6, 6.07) is 11.8. The Morgan fingerprint density at radius 2 is 1.77 bits per heavy atom. The van der Waals surface area contributed by atoms with Gasteiger partial charge in [0.05, 0.1) is 23.0 Å². The van der Waals surface area contributed by atoms with Gasteiger partial charge >= 0.3 is 0 Å². The zero-order valence-corrected chi connectivity index (χ0v) is 20.3. The second-order valence-electron chi connectivity index (χ2n) is 6.99. The summed E-state index contributed by atoms with van der Waals surface area (Å²) >= 11 is 2.18. The number of ether oxygens (including phenoxy) is 2. The van der Waals surface area contributed by atoms with Crippen LogP contribution in [0.3, 0.4) is 0 Å². The van der Waals surface area contributed by atoms with E-state index in [9.17, 15) is 9.59 Å². The van der Waals surface area contributed by atoms with Crippen molar-refractivity contribution in [2.45, 2.75) is 33.7 Å². The van der Waals surface area contributed by atoms with Gasteiger partial charge < -0.3 is 14.8 Å². The second kappa shape index (κ2) is 12.3. The number of hydrogen-bond acceptors (Lipinski definition) is 5. The molecule has 0 aliphatic heterocycles. The number of amides is 2. The smallest absolute Gasteiger partial charge is 0.262 e. The van der Waals surface area contributed by atoms with Crippen molar-refractivity contribution in [3.05, 3.63) is 57.2 Å². The number of nitrogens with zero attached hydrogens (tertiary/aromatic N) is 1. The van der Waals surface area contributed by atoms with Crippen LogP contribution in [0.25, 0.3) is 0 Å². The van der Waals surface area contributed by atoms with E-state index in [4.69, 9.17) is 9.47 Å². The van der Waals surface area contributed by atoms with Gasteiger partial charge in [-0.2, -0.15) is 5.10 Å². The highest BCUT2D eigenvalue weighted by Crippen LogP contribution is 2.33. The van der Waals surface area contributed by atoms with Gasteiger partial charge in [-0.3, -0.25) is 9.59 Å². The van der Waals surface area contributed by atoms with Crippen molar-refractivity contribution < 1.29 is 19.1 Å². The lowest BCUT2D eigenvalue weighted by Gasteiger charge is -2.20. The van der Waals surface area contributed by atoms with Crippen LogP contribution in [0.5, 0.6) is 11.5 Å². The number of rotatable bonds is 10. The minimum Gasteiger partial charge on any atom is -0.490 e. The van der Waals surface area contributed by atoms with E-state index in [1.54, 1.807) is 24.3 Å². The van der Waals surface area contributed by atoms with Crippen LogP contribution < -0.4 is 20.2 Å². The maximum absolute atomic E-state index is 12.6. The number of hydrazone groups is 1. The Labute approximate surface area is 196 Å². The molecule has 2 aromatic rings. The highest BCUT2D eigenvalue weighted by molar-refractivity contribution is 14.1. The molecule has 31 heavy (non-hydrogen) atoms. The molecule has 2 amide bonds. The standard InChI is InChI=1S/C23H28IN3O4/c1-5-30-19-13-16(12-18(24)21(19)31-6-2)14-25-27-23(29)20(15(3)4)26-22(28)17-10-8-7-9-11-17/h7-15,20H,5-6H2,1-4H3,(H,26,28)(H,27,29). The minimum absolute atomic E-state index is 0.112. The molecule has 2 rings (SSSR count). The van der Waals surface area contributed by atoms with Gasteiger partial charge in [0.15, 0.2) is 11.5 Å². The largest absolute Gasteiger partial charge is 0.490 e. The number of benzene rings is 2. The summed E-state index contributed by atoms with van der Waals surface area (Å²) in [7, 11) is 0. The van der Waals surface area contributed by atoms with Crippen LogP contribution in [0.4, 0.5) is 0 Å². The van der Waals surface area contributed by atoms with E-state index < -0.39 is 6.04 Å². The summed E-state index contributed by atoms with van der Waals surface area (Å²) in [6.07, 6.45) is 1.54. The molecule has 0 radical (unpaired) electrons. The van der Waals surface area contributed by atoms with E-state index in [0.717, 1.165) is 9.13 Å². The normalized spacial score (nSPS) is 11.9. The first-order chi connectivity index (χ1) is 14.9. The Kier molecular flexibility index (Phi) is 9.77. The van der Waals surface area contributed by atoms with E-state index in [2.05, 4.69) is 38.4 Å². The Morgan fingerprint density at radius 3 is 2.39 bits per heavy atom. The summed E-state index contributed by atoms with van der Waals surface area (Å²) in [5.41, 5.74) is 3.77. The van der Waals surface area contributed by atoms with Crippen LogP contribution in [0, 0.1) is 9.49 Å². The van der Waals surface area contributed by atoms with Crippen molar-refractivity contribution >= 4 is 40.6 Å². The fourth-order valence-electron chi connectivity index (χ4n) is 2.80. The molecule has 0 heterocycles. The molecule has 0 saturated heterocycles. The third-order valence-electron chi connectivity index (χ3n) is 4.28. The zero-order chi connectivity index (χ0) is 22.8. The van der Waals surface area contributed by atoms with Crippen LogP contribution >= 0.6 is 22.6 Å². The Morgan fingerprint density at radius 1 is 1.10 bits per heavy atom. The van der Waals surface area contributed by atoms with Crippen LogP contribution in [-0.4, -0.2) is 37.3 Å². The summed E-state index contributed by atoms with van der Waals surface area (Å²) in [5, 5.41) is 6.84. The van der Waals surface area contributed by atoms with E-state index in [1.165, 1.54) is 6.21 Å². The number of hydrogen-bond donors (Lipinski definition) is 2. The first-order valence-corrected chi connectivity index (χ1v) is 11.2. The van der Waals surface area contributed by atoms with E-state index >= 15 is 0 Å². The van der Waals surface area contributed by atoms with Crippen molar-refractivity contribution in [3.8, 4) is 11.5 Å². The van der Waals surface area contributed by atoms with Crippen molar-refractivity contribution in [2.75, 3.05) is 13.2 Å². The number of halogens is 1. The molecule has 0 saturated carbocycles. The Bertz CT molecular complexity index is 917. The van der Waals surface area contributed by atoms with Gasteiger partial charge in [0, 0.05) is 5.56 Å². The second-order valence-corrected chi connectivity index (χ2v) is 8.15. The third-order valence-corrected chi connectivity index (χ3v) is 5.08. The van der Waals surface area contributed by atoms with Crippen LogP contribution in [-0.2, 0) is 4.79 Å². The molecule has 166 valence electrons. The topological polar surface area (TPSA) is 89.0 Å². The van der Waals surface area contributed by atoms with E-state index in [-0.39, 0.29) is 17.7 Å². The van der Waals surface area contributed by atoms with Gasteiger partial charge in [-0.15, -0.1) is 0 Å². The molecule has 0 fully saturated rings. The molecule has 0 bridgehead atoms. The SMILES string of the molecule is CCOc1cc(C=NNC(=O)C(NC(=O)c2ccccc2)C(C)C)cc(I)c1OCC. The number of carbonyl (C=O) groups excluding carboxylic acids is 2. The maximum Gasteiger partial charge on any atom is 0.262 e. The van der Waals surface area contributed by atoms with Gasteiger partial charge in [0.2, 0.25) is 0 Å². The third kappa shape index (κ3) is 7.23. The summed E-state index contributed by atoms with van der Waals surface area (Å²) in [6.45, 7) is 8.58. The number of carbonyl (C=O) groups is 2. The van der Waals surface area contributed by atoms with E-state index in [0.29, 0.717) is 30.3 Å². The summed E-state index contributed by atoms with van der Waals surface area (Å²) in [4.78, 5) is 25.1. The van der Waals surface area contributed by atoms with Gasteiger partial charge in [0.25, 0.3) is 11.8 Å². The van der Waals surface area contributed by atoms with Gasteiger partial charge in [-0.25, -0.2) is 5.43 Å². The van der Waals surface area contributed by atoms with Gasteiger partial charge in [0.1, 0.15) is 6.04 Å². The fourth-order valence-corrected chi connectivity index (χ4v) is 3.58. The molecule has 2 N–H and O–H groups in total. The molecule has 7 nitrogen and oxygen atoms in total. The summed E-state index contributed by atoms with van der Waals surface area (Å²) in [5.74, 6) is 0.509. The Hall–Kier alpha value is -2.62. The molecule has 0 aromatic heterocycles. The highest BCUT2D eigenvalue weighted by Gasteiger charge is 2.24. The van der Waals surface area contributed by atoms with Gasteiger partial charge in [-0.05, 0) is 72.2 Å². The molecule has 0 aliphatic carbocycles. The molecule has 0 aliphatic rings. The van der Waals surface area contributed by atoms with Crippen LogP contribution in [0.2, 0.25) is 0 Å². The Balaban J connectivity index is 2.09. The fraction of sp³-hybridized carbons (Fsp3) is 0.348. The lowest BCUT2D eigenvalue weighted by molar-refractivity contribution is -0.123. The van der Waals surface area contributed by atoms with Crippen LogP contribution in [0.1, 0.15) is 43.6 Å². The molecular formula is C23H28IN3O4. The average molecular weight is 537 g/mol. The predicted molar refractivity (Wildman–Crippen MR) is 130 cm³/mol. The quantitative estimate of drug-likeness (QED) is 0.273. The average Bonchev–Trinajstić information content (AvgIpc) is 2.74. The maximum atomic E-state index is 12.6. The molecule has 8 heteroatoms. The molecule has 1 atom stereocenters. The molecule has 2 aromatic carbocycles. The lowest BCUT2D eigenvalue weighted by Crippen LogP contribution is -2.48.